The van der Waals surface area contributed by atoms with E-state index in [9.17, 15) is 13.2 Å². The molecule has 138 valence electrons. The van der Waals surface area contributed by atoms with Crippen molar-refractivity contribution in [3.63, 3.8) is 0 Å². The lowest BCUT2D eigenvalue weighted by Crippen LogP contribution is -2.32. The van der Waals surface area contributed by atoms with Crippen LogP contribution in [0, 0.1) is 0 Å². The first-order valence-corrected chi connectivity index (χ1v) is 10.0. The van der Waals surface area contributed by atoms with E-state index in [2.05, 4.69) is 10.0 Å². The third-order valence-electron chi connectivity index (χ3n) is 4.44. The van der Waals surface area contributed by atoms with Crippen LogP contribution < -0.4 is 14.8 Å². The predicted molar refractivity (Wildman–Crippen MR) is 100.0 cm³/mol. The lowest BCUT2D eigenvalue weighted by molar-refractivity contribution is 0.0938. The molecule has 1 aliphatic carbocycles. The molecule has 0 heterocycles. The van der Waals surface area contributed by atoms with Crippen LogP contribution in [0.25, 0.3) is 0 Å². The lowest BCUT2D eigenvalue weighted by atomic mass is 10.2. The van der Waals surface area contributed by atoms with Gasteiger partial charge in [0.15, 0.2) is 0 Å². The molecule has 1 aliphatic rings. The number of ether oxygens (including phenoxy) is 1. The zero-order valence-electron chi connectivity index (χ0n) is 14.6. The van der Waals surface area contributed by atoms with Crippen LogP contribution in [0.3, 0.4) is 0 Å². The largest absolute Gasteiger partial charge is 0.497 e. The van der Waals surface area contributed by atoms with Crippen LogP contribution in [0.2, 0.25) is 0 Å². The highest BCUT2D eigenvalue weighted by Gasteiger charge is 2.19. The molecule has 2 N–H and O–H groups in total. The Bertz CT molecular complexity index is 873. The van der Waals surface area contributed by atoms with Crippen LogP contribution in [0.4, 0.5) is 5.69 Å². The highest BCUT2D eigenvalue weighted by molar-refractivity contribution is 7.92. The molecule has 0 bridgehead atoms. The number of benzene rings is 2. The van der Waals surface area contributed by atoms with Crippen molar-refractivity contribution in [2.75, 3.05) is 11.8 Å². The van der Waals surface area contributed by atoms with Gasteiger partial charge in [0.25, 0.3) is 15.9 Å². The Hall–Kier alpha value is -2.54. The van der Waals surface area contributed by atoms with Crippen molar-refractivity contribution in [3.05, 3.63) is 54.1 Å². The fourth-order valence-electron chi connectivity index (χ4n) is 3.02. The first-order valence-electron chi connectivity index (χ1n) is 8.56. The molecule has 0 spiro atoms. The number of rotatable bonds is 6. The van der Waals surface area contributed by atoms with Crippen molar-refractivity contribution < 1.29 is 17.9 Å². The highest BCUT2D eigenvalue weighted by atomic mass is 32.2. The Morgan fingerprint density at radius 3 is 2.42 bits per heavy atom. The number of anilines is 1. The molecule has 0 aliphatic heterocycles. The van der Waals surface area contributed by atoms with Gasteiger partial charge in [-0.1, -0.05) is 18.9 Å². The molecule has 2 aromatic rings. The molecule has 1 saturated carbocycles. The van der Waals surface area contributed by atoms with Gasteiger partial charge >= 0.3 is 0 Å². The molecule has 7 heteroatoms. The standard InChI is InChI=1S/C19H22N2O4S/c1-25-17-8-4-7-16(13-17)21-26(23,24)18-11-9-14(10-12-18)19(22)20-15-5-2-3-6-15/h4,7-13,15,21H,2-3,5-6H2,1H3,(H,20,22). The summed E-state index contributed by atoms with van der Waals surface area (Å²) in [7, 11) is -2.22. The number of amides is 1. The number of nitrogens with one attached hydrogen (secondary N) is 2. The van der Waals surface area contributed by atoms with Crippen LogP contribution >= 0.6 is 0 Å². The summed E-state index contributed by atoms with van der Waals surface area (Å²) in [5.74, 6) is 0.394. The Balaban J connectivity index is 1.70. The topological polar surface area (TPSA) is 84.5 Å². The van der Waals surface area contributed by atoms with E-state index >= 15 is 0 Å². The number of hydrogen-bond donors (Lipinski definition) is 2. The zero-order valence-corrected chi connectivity index (χ0v) is 15.4. The van der Waals surface area contributed by atoms with E-state index in [1.54, 1.807) is 24.3 Å². The molecule has 26 heavy (non-hydrogen) atoms. The summed E-state index contributed by atoms with van der Waals surface area (Å²) >= 11 is 0. The summed E-state index contributed by atoms with van der Waals surface area (Å²) in [6.45, 7) is 0. The van der Waals surface area contributed by atoms with Gasteiger partial charge in [-0.2, -0.15) is 0 Å². The summed E-state index contributed by atoms with van der Waals surface area (Å²) in [6, 6.07) is 12.8. The summed E-state index contributed by atoms with van der Waals surface area (Å²) in [4.78, 5) is 12.3. The lowest BCUT2D eigenvalue weighted by Gasteiger charge is -2.12. The minimum absolute atomic E-state index is 0.0951. The van der Waals surface area contributed by atoms with Gasteiger partial charge < -0.3 is 10.1 Å². The second kappa shape index (κ2) is 7.78. The van der Waals surface area contributed by atoms with Gasteiger partial charge in [0.2, 0.25) is 0 Å². The quantitative estimate of drug-likeness (QED) is 0.813. The average molecular weight is 374 g/mol. The van der Waals surface area contributed by atoms with Crippen molar-refractivity contribution in [1.29, 1.82) is 0 Å². The van der Waals surface area contributed by atoms with Gasteiger partial charge in [0.05, 0.1) is 17.7 Å². The fourth-order valence-corrected chi connectivity index (χ4v) is 4.07. The van der Waals surface area contributed by atoms with E-state index in [1.165, 1.54) is 31.4 Å². The van der Waals surface area contributed by atoms with Crippen molar-refractivity contribution >= 4 is 21.6 Å². The number of carbonyl (C=O) groups excluding carboxylic acids is 1. The smallest absolute Gasteiger partial charge is 0.261 e. The number of carbonyl (C=O) groups is 1. The summed E-state index contributed by atoms with van der Waals surface area (Å²) in [5.41, 5.74) is 0.865. The Morgan fingerprint density at radius 1 is 1.08 bits per heavy atom. The third kappa shape index (κ3) is 4.35. The van der Waals surface area contributed by atoms with Gasteiger partial charge in [-0.3, -0.25) is 9.52 Å². The first kappa shape index (κ1) is 18.3. The van der Waals surface area contributed by atoms with E-state index in [0.717, 1.165) is 25.7 Å². The van der Waals surface area contributed by atoms with Crippen molar-refractivity contribution in [2.45, 2.75) is 36.6 Å². The van der Waals surface area contributed by atoms with Crippen LogP contribution in [0.5, 0.6) is 5.75 Å². The van der Waals surface area contributed by atoms with Crippen molar-refractivity contribution in [2.24, 2.45) is 0 Å². The van der Waals surface area contributed by atoms with E-state index in [0.29, 0.717) is 17.0 Å². The molecule has 0 unspecified atom stereocenters. The summed E-state index contributed by atoms with van der Waals surface area (Å²) < 4.78 is 32.6. The fraction of sp³-hybridized carbons (Fsp3) is 0.316. The highest BCUT2D eigenvalue weighted by Crippen LogP contribution is 2.21. The van der Waals surface area contributed by atoms with E-state index < -0.39 is 10.0 Å². The molecule has 1 amide bonds. The Kier molecular flexibility index (Phi) is 5.46. The van der Waals surface area contributed by atoms with E-state index in [1.807, 2.05) is 0 Å². The maximum atomic E-state index is 12.5. The van der Waals surface area contributed by atoms with Crippen LogP contribution in [-0.2, 0) is 10.0 Å². The monoisotopic (exact) mass is 374 g/mol. The molecule has 6 nitrogen and oxygen atoms in total. The minimum Gasteiger partial charge on any atom is -0.497 e. The Morgan fingerprint density at radius 2 is 1.77 bits per heavy atom. The Labute approximate surface area is 153 Å². The zero-order chi connectivity index (χ0) is 18.6. The molecule has 1 fully saturated rings. The maximum absolute atomic E-state index is 12.5. The molecular formula is C19H22N2O4S. The van der Waals surface area contributed by atoms with Crippen molar-refractivity contribution in [1.82, 2.24) is 5.32 Å². The first-order chi connectivity index (χ1) is 12.5. The molecule has 0 atom stereocenters. The number of sulfonamides is 1. The van der Waals surface area contributed by atoms with Gasteiger partial charge in [-0.15, -0.1) is 0 Å². The molecule has 2 aromatic carbocycles. The minimum atomic E-state index is -3.74. The van der Waals surface area contributed by atoms with Gasteiger partial charge in [0, 0.05) is 17.7 Å². The summed E-state index contributed by atoms with van der Waals surface area (Å²) in [5, 5.41) is 2.99. The molecule has 0 saturated heterocycles. The maximum Gasteiger partial charge on any atom is 0.261 e. The molecule has 0 aromatic heterocycles. The second-order valence-electron chi connectivity index (χ2n) is 6.32. The van der Waals surface area contributed by atoms with Gasteiger partial charge in [-0.05, 0) is 49.2 Å². The van der Waals surface area contributed by atoms with Gasteiger partial charge in [-0.25, -0.2) is 8.42 Å². The second-order valence-corrected chi connectivity index (χ2v) is 8.00. The number of methoxy groups -OCH3 is 1. The molecule has 3 rings (SSSR count). The van der Waals surface area contributed by atoms with Crippen LogP contribution in [0.15, 0.2) is 53.4 Å². The normalized spacial score (nSPS) is 14.8. The SMILES string of the molecule is COc1cccc(NS(=O)(=O)c2ccc(C(=O)NC3CCCC3)cc2)c1. The third-order valence-corrected chi connectivity index (χ3v) is 5.84. The van der Waals surface area contributed by atoms with E-state index in [-0.39, 0.29) is 16.8 Å². The van der Waals surface area contributed by atoms with E-state index in [4.69, 9.17) is 4.74 Å². The average Bonchev–Trinajstić information content (AvgIpc) is 3.14. The van der Waals surface area contributed by atoms with Gasteiger partial charge in [0.1, 0.15) is 5.75 Å². The number of hydrogen-bond acceptors (Lipinski definition) is 4. The summed E-state index contributed by atoms with van der Waals surface area (Å²) in [6.07, 6.45) is 4.28. The predicted octanol–water partition coefficient (Wildman–Crippen LogP) is 3.17. The van der Waals surface area contributed by atoms with Crippen LogP contribution in [-0.4, -0.2) is 27.5 Å². The molecule has 0 radical (unpaired) electrons. The van der Waals surface area contributed by atoms with Crippen molar-refractivity contribution in [3.8, 4) is 5.75 Å². The van der Waals surface area contributed by atoms with Crippen LogP contribution in [0.1, 0.15) is 36.0 Å². The molecular weight excluding hydrogens is 352 g/mol.